The Bertz CT molecular complexity index is 714. The summed E-state index contributed by atoms with van der Waals surface area (Å²) in [6.07, 6.45) is 0.273. The molecule has 0 spiro atoms. The minimum absolute atomic E-state index is 0.0358. The van der Waals surface area contributed by atoms with E-state index in [0.29, 0.717) is 10.8 Å². The zero-order valence-corrected chi connectivity index (χ0v) is 12.6. The van der Waals surface area contributed by atoms with Crippen molar-refractivity contribution < 1.29 is 9.59 Å². The number of amides is 1. The Balaban J connectivity index is 1.83. The number of aromatic nitrogens is 2. The molecule has 0 saturated heterocycles. The molecule has 1 unspecified atom stereocenters. The van der Waals surface area contributed by atoms with Crippen molar-refractivity contribution in [1.29, 1.82) is 0 Å². The summed E-state index contributed by atoms with van der Waals surface area (Å²) in [6.45, 7) is 1.50. The largest absolute Gasteiger partial charge is 0.298 e. The second-order valence-corrected chi connectivity index (χ2v) is 5.59. The molecule has 2 aromatic rings. The van der Waals surface area contributed by atoms with Crippen molar-refractivity contribution >= 4 is 39.6 Å². The van der Waals surface area contributed by atoms with Crippen molar-refractivity contribution in [3.05, 3.63) is 35.8 Å². The summed E-state index contributed by atoms with van der Waals surface area (Å²) in [5.74, 6) is -0.396. The lowest BCUT2D eigenvalue weighted by molar-refractivity contribution is -0.118. The van der Waals surface area contributed by atoms with Crippen LogP contribution in [0, 0.1) is 0 Å². The van der Waals surface area contributed by atoms with Crippen LogP contribution in [0.15, 0.2) is 40.9 Å². The van der Waals surface area contributed by atoms with Crippen molar-refractivity contribution in [1.82, 2.24) is 10.2 Å². The van der Waals surface area contributed by atoms with Gasteiger partial charge in [-0.15, -0.1) is 10.2 Å². The molecule has 1 aliphatic rings. The maximum atomic E-state index is 12.2. The Morgan fingerprint density at radius 2 is 2.09 bits per heavy atom. The number of hydrazone groups is 1. The van der Waals surface area contributed by atoms with Gasteiger partial charge in [-0.2, -0.15) is 5.10 Å². The molecule has 112 valence electrons. The van der Waals surface area contributed by atoms with Crippen LogP contribution in [0.1, 0.15) is 13.3 Å². The smallest absolute Gasteiger partial charge is 0.273 e. The second kappa shape index (κ2) is 6.02. The number of ketones is 1. The molecule has 0 saturated carbocycles. The predicted molar refractivity (Wildman–Crippen MR) is 84.0 cm³/mol. The number of Topliss-reactive ketones (excluding diaryl/α,β-unsaturated/α-hetero) is 1. The van der Waals surface area contributed by atoms with Crippen molar-refractivity contribution in [3.63, 3.8) is 0 Å². The van der Waals surface area contributed by atoms with Crippen LogP contribution >= 0.6 is 11.3 Å². The summed E-state index contributed by atoms with van der Waals surface area (Å²) in [4.78, 5) is 24.1. The average Bonchev–Trinajstić information content (AvgIpc) is 3.17. The summed E-state index contributed by atoms with van der Waals surface area (Å²) >= 11 is 1.22. The first-order chi connectivity index (χ1) is 10.6. The number of hydrogen-bond acceptors (Lipinski definition) is 7. The SMILES string of the molecule is CC(=O)C1CC(C(=O)Nc2nncs2)=NN1c1ccccc1. The molecule has 1 N–H and O–H groups in total. The summed E-state index contributed by atoms with van der Waals surface area (Å²) in [5, 5.41) is 16.4. The molecule has 0 bridgehead atoms. The standard InChI is InChI=1S/C14H13N5O2S/c1-9(20)12-7-11(13(21)16-14-17-15-8-22-14)18-19(12)10-5-3-2-4-6-10/h2-6,8,12H,7H2,1H3,(H,16,17,21). The van der Waals surface area contributed by atoms with E-state index in [4.69, 9.17) is 0 Å². The molecule has 3 rings (SSSR count). The molecule has 7 nitrogen and oxygen atoms in total. The van der Waals surface area contributed by atoms with Gasteiger partial charge in [-0.25, -0.2) is 0 Å². The van der Waals surface area contributed by atoms with E-state index in [9.17, 15) is 9.59 Å². The minimum atomic E-state index is -0.461. The van der Waals surface area contributed by atoms with E-state index in [-0.39, 0.29) is 18.1 Å². The number of nitrogens with zero attached hydrogens (tertiary/aromatic N) is 4. The molecule has 0 radical (unpaired) electrons. The molecule has 1 aromatic carbocycles. The zero-order chi connectivity index (χ0) is 15.5. The summed E-state index contributed by atoms with van der Waals surface area (Å²) < 4.78 is 0. The molecule has 2 heterocycles. The van der Waals surface area contributed by atoms with Crippen LogP contribution < -0.4 is 10.3 Å². The highest BCUT2D eigenvalue weighted by Crippen LogP contribution is 2.25. The first-order valence-corrected chi connectivity index (χ1v) is 7.53. The van der Waals surface area contributed by atoms with Gasteiger partial charge in [0.2, 0.25) is 5.13 Å². The topological polar surface area (TPSA) is 87.5 Å². The van der Waals surface area contributed by atoms with Crippen LogP contribution in [0.5, 0.6) is 0 Å². The van der Waals surface area contributed by atoms with Gasteiger partial charge in [0.1, 0.15) is 17.3 Å². The Hall–Kier alpha value is -2.61. The lowest BCUT2D eigenvalue weighted by Gasteiger charge is -2.20. The Morgan fingerprint density at radius 3 is 2.73 bits per heavy atom. The quantitative estimate of drug-likeness (QED) is 0.928. The van der Waals surface area contributed by atoms with Crippen LogP contribution in [-0.4, -0.2) is 33.6 Å². The van der Waals surface area contributed by atoms with E-state index in [1.165, 1.54) is 23.8 Å². The van der Waals surface area contributed by atoms with Gasteiger partial charge in [0, 0.05) is 6.42 Å². The number of anilines is 2. The number of benzene rings is 1. The van der Waals surface area contributed by atoms with Gasteiger partial charge in [-0.1, -0.05) is 29.5 Å². The first-order valence-electron chi connectivity index (χ1n) is 6.65. The fourth-order valence-corrected chi connectivity index (χ4v) is 2.62. The zero-order valence-electron chi connectivity index (χ0n) is 11.8. The molecule has 1 aliphatic heterocycles. The van der Waals surface area contributed by atoms with Crippen LogP contribution in [0.2, 0.25) is 0 Å². The maximum absolute atomic E-state index is 12.2. The third kappa shape index (κ3) is 2.86. The van der Waals surface area contributed by atoms with Gasteiger partial charge in [0.05, 0.1) is 5.69 Å². The van der Waals surface area contributed by atoms with Gasteiger partial charge in [-0.05, 0) is 19.1 Å². The van der Waals surface area contributed by atoms with E-state index in [0.717, 1.165) is 5.69 Å². The van der Waals surface area contributed by atoms with Crippen molar-refractivity contribution in [2.45, 2.75) is 19.4 Å². The number of hydrogen-bond donors (Lipinski definition) is 1. The fourth-order valence-electron chi connectivity index (χ4n) is 2.18. The predicted octanol–water partition coefficient (Wildman–Crippen LogP) is 1.70. The Kier molecular flexibility index (Phi) is 3.92. The fraction of sp³-hybridized carbons (Fsp3) is 0.214. The van der Waals surface area contributed by atoms with Gasteiger partial charge in [0.25, 0.3) is 5.91 Å². The molecule has 0 aliphatic carbocycles. The molecular weight excluding hydrogens is 302 g/mol. The summed E-state index contributed by atoms with van der Waals surface area (Å²) in [7, 11) is 0. The van der Waals surface area contributed by atoms with Crippen LogP contribution in [0.4, 0.5) is 10.8 Å². The van der Waals surface area contributed by atoms with Gasteiger partial charge < -0.3 is 0 Å². The van der Waals surface area contributed by atoms with Gasteiger partial charge >= 0.3 is 0 Å². The number of carbonyl (C=O) groups excluding carboxylic acids is 2. The minimum Gasteiger partial charge on any atom is -0.298 e. The monoisotopic (exact) mass is 315 g/mol. The maximum Gasteiger partial charge on any atom is 0.273 e. The molecule has 22 heavy (non-hydrogen) atoms. The van der Waals surface area contributed by atoms with Crippen LogP contribution in [0.25, 0.3) is 0 Å². The van der Waals surface area contributed by atoms with Gasteiger partial charge in [0.15, 0.2) is 5.78 Å². The first kappa shape index (κ1) is 14.3. The van der Waals surface area contributed by atoms with Crippen molar-refractivity contribution in [2.24, 2.45) is 5.10 Å². The van der Waals surface area contributed by atoms with E-state index in [2.05, 4.69) is 20.6 Å². The Labute approximate surface area is 130 Å². The highest BCUT2D eigenvalue weighted by atomic mass is 32.1. The number of nitrogens with one attached hydrogen (secondary N) is 1. The number of para-hydroxylation sites is 1. The van der Waals surface area contributed by atoms with E-state index < -0.39 is 6.04 Å². The lowest BCUT2D eigenvalue weighted by Crippen LogP contribution is -2.33. The molecule has 0 fully saturated rings. The van der Waals surface area contributed by atoms with Crippen LogP contribution in [-0.2, 0) is 9.59 Å². The summed E-state index contributed by atoms with van der Waals surface area (Å²) in [5.41, 5.74) is 2.61. The lowest BCUT2D eigenvalue weighted by atomic mass is 10.1. The molecule has 1 atom stereocenters. The molecule has 8 heteroatoms. The van der Waals surface area contributed by atoms with Gasteiger partial charge in [-0.3, -0.25) is 19.9 Å². The molecular formula is C14H13N5O2S. The van der Waals surface area contributed by atoms with E-state index in [1.807, 2.05) is 30.3 Å². The summed E-state index contributed by atoms with van der Waals surface area (Å²) in [6, 6.07) is 8.85. The van der Waals surface area contributed by atoms with E-state index >= 15 is 0 Å². The highest BCUT2D eigenvalue weighted by Gasteiger charge is 2.34. The van der Waals surface area contributed by atoms with Crippen LogP contribution in [0.3, 0.4) is 0 Å². The number of rotatable bonds is 4. The Morgan fingerprint density at radius 1 is 1.32 bits per heavy atom. The number of carbonyl (C=O) groups is 2. The normalized spacial score (nSPS) is 17.2. The average molecular weight is 315 g/mol. The molecule has 1 amide bonds. The molecule has 1 aromatic heterocycles. The van der Waals surface area contributed by atoms with Crippen molar-refractivity contribution in [3.8, 4) is 0 Å². The third-order valence-corrected chi connectivity index (χ3v) is 3.85. The van der Waals surface area contributed by atoms with E-state index in [1.54, 1.807) is 5.01 Å². The second-order valence-electron chi connectivity index (χ2n) is 4.76. The van der Waals surface area contributed by atoms with Crippen molar-refractivity contribution in [2.75, 3.05) is 10.3 Å². The third-order valence-electron chi connectivity index (χ3n) is 3.24. The highest BCUT2D eigenvalue weighted by molar-refractivity contribution is 7.13.